The fourth-order valence-electron chi connectivity index (χ4n) is 0.928. The van der Waals surface area contributed by atoms with Crippen LogP contribution in [0.15, 0.2) is 24.3 Å². The Balaban J connectivity index is 0.00000144. The summed E-state index contributed by atoms with van der Waals surface area (Å²) >= 11 is 0.981. The van der Waals surface area contributed by atoms with Gasteiger partial charge in [0.15, 0.2) is 0 Å². The van der Waals surface area contributed by atoms with Gasteiger partial charge in [0, 0.05) is 0 Å². The second kappa shape index (κ2) is 6.49. The van der Waals surface area contributed by atoms with E-state index in [0.717, 1.165) is 22.5 Å². The Labute approximate surface area is 105 Å². The van der Waals surface area contributed by atoms with Gasteiger partial charge in [-0.25, -0.2) is 0 Å². The van der Waals surface area contributed by atoms with Gasteiger partial charge in [0.05, 0.1) is 0 Å². The van der Waals surface area contributed by atoms with Crippen LogP contribution in [-0.2, 0) is 23.0 Å². The zero-order chi connectivity index (χ0) is 8.97. The average molecular weight is 341 g/mol. The fourth-order valence-corrected chi connectivity index (χ4v) is 1.76. The summed E-state index contributed by atoms with van der Waals surface area (Å²) in [5, 5.41) is 0. The summed E-state index contributed by atoms with van der Waals surface area (Å²) in [4.78, 5) is 11.3. The number of hydrogen-bond acceptors (Lipinski definition) is 2. The summed E-state index contributed by atoms with van der Waals surface area (Å²) < 4.78 is 5.97. The molecule has 4 heteroatoms. The standard InChI is InChI=1S/C9H9O2.HI.Zn/c1-2-11-9(10)8-6-4-3-5-7-8;;/h3-6H,2H2,1H3;1H;/q;;+1/p-1. The van der Waals surface area contributed by atoms with Crippen LogP contribution in [0.3, 0.4) is 0 Å². The molecule has 0 saturated carbocycles. The van der Waals surface area contributed by atoms with Crippen LogP contribution in [-0.4, -0.2) is 12.6 Å². The SMILES string of the molecule is CCOC(=O)c1cccc[c]1[Zn+].[I-]. The van der Waals surface area contributed by atoms with Crippen molar-refractivity contribution in [1.29, 1.82) is 0 Å². The molecule has 0 bridgehead atoms. The van der Waals surface area contributed by atoms with Crippen LogP contribution < -0.4 is 28.1 Å². The van der Waals surface area contributed by atoms with E-state index < -0.39 is 0 Å². The molecule has 0 aliphatic carbocycles. The molecule has 0 radical (unpaired) electrons. The van der Waals surface area contributed by atoms with Gasteiger partial charge in [0.25, 0.3) is 0 Å². The Morgan fingerprint density at radius 1 is 1.46 bits per heavy atom. The van der Waals surface area contributed by atoms with Crippen molar-refractivity contribution in [3.8, 4) is 0 Å². The number of esters is 1. The maximum Gasteiger partial charge on any atom is -1.00 e. The van der Waals surface area contributed by atoms with Crippen LogP contribution in [0.2, 0.25) is 0 Å². The Morgan fingerprint density at radius 2 is 2.08 bits per heavy atom. The van der Waals surface area contributed by atoms with E-state index in [9.17, 15) is 4.79 Å². The molecule has 66 valence electrons. The first-order chi connectivity index (χ1) is 5.75. The van der Waals surface area contributed by atoms with Gasteiger partial charge in [0.1, 0.15) is 0 Å². The van der Waals surface area contributed by atoms with Crippen LogP contribution >= 0.6 is 0 Å². The molecule has 0 fully saturated rings. The van der Waals surface area contributed by atoms with Crippen LogP contribution in [0.1, 0.15) is 17.3 Å². The summed E-state index contributed by atoms with van der Waals surface area (Å²) in [6, 6.07) is 7.54. The first-order valence-corrected chi connectivity index (χ1v) is 5.32. The predicted octanol–water partition coefficient (Wildman–Crippen LogP) is -1.96. The van der Waals surface area contributed by atoms with E-state index in [2.05, 4.69) is 0 Å². The molecule has 0 heterocycles. The Morgan fingerprint density at radius 3 is 2.62 bits per heavy atom. The van der Waals surface area contributed by atoms with Crippen molar-refractivity contribution < 1.29 is 51.8 Å². The third-order valence-corrected chi connectivity index (χ3v) is 2.81. The van der Waals surface area contributed by atoms with Crippen molar-refractivity contribution >= 4 is 10.1 Å². The van der Waals surface area contributed by atoms with Crippen LogP contribution in [0, 0.1) is 0 Å². The third-order valence-electron chi connectivity index (χ3n) is 1.51. The molecular weight excluding hydrogens is 332 g/mol. The number of benzene rings is 1. The van der Waals surface area contributed by atoms with Crippen molar-refractivity contribution in [3.05, 3.63) is 29.8 Å². The van der Waals surface area contributed by atoms with Crippen molar-refractivity contribution in [3.63, 3.8) is 0 Å². The molecule has 2 nitrogen and oxygen atoms in total. The molecule has 0 amide bonds. The minimum atomic E-state index is -0.209. The van der Waals surface area contributed by atoms with Gasteiger partial charge in [-0.15, -0.1) is 0 Å². The number of halogens is 1. The Kier molecular flexibility index (Phi) is 6.51. The fraction of sp³-hybridized carbons (Fsp3) is 0.222. The molecule has 0 aliphatic heterocycles. The zero-order valence-corrected chi connectivity index (χ0v) is 12.5. The molecule has 0 aliphatic rings. The van der Waals surface area contributed by atoms with Crippen LogP contribution in [0.25, 0.3) is 0 Å². The van der Waals surface area contributed by atoms with Gasteiger partial charge >= 0.3 is 81.3 Å². The number of carbonyl (C=O) groups excluding carboxylic acids is 1. The Bertz CT molecular complexity index is 289. The van der Waals surface area contributed by atoms with Gasteiger partial charge in [-0.05, 0) is 0 Å². The molecule has 0 saturated heterocycles. The minimum absolute atomic E-state index is 0. The maximum atomic E-state index is 11.3. The normalized spacial score (nSPS) is 8.85. The number of carbonyl (C=O) groups is 1. The van der Waals surface area contributed by atoms with E-state index in [1.165, 1.54) is 0 Å². The quantitative estimate of drug-likeness (QED) is 0.355. The zero-order valence-electron chi connectivity index (χ0n) is 7.42. The summed E-state index contributed by atoms with van der Waals surface area (Å²) in [6.45, 7) is 2.25. The van der Waals surface area contributed by atoms with Gasteiger partial charge in [0.2, 0.25) is 0 Å². The molecule has 0 atom stereocenters. The summed E-state index contributed by atoms with van der Waals surface area (Å²) in [5.74, 6) is -0.209. The molecule has 1 aromatic carbocycles. The number of ether oxygens (including phenoxy) is 1. The summed E-state index contributed by atoms with van der Waals surface area (Å²) in [5.41, 5.74) is 0.708. The minimum Gasteiger partial charge on any atom is -1.00 e. The molecule has 0 spiro atoms. The van der Waals surface area contributed by atoms with E-state index in [-0.39, 0.29) is 29.9 Å². The molecular formula is C9H9IO2Zn. The van der Waals surface area contributed by atoms with Gasteiger partial charge in [-0.1, -0.05) is 0 Å². The third kappa shape index (κ3) is 3.73. The number of hydrogen-bond donors (Lipinski definition) is 0. The summed E-state index contributed by atoms with van der Waals surface area (Å²) in [6.07, 6.45) is 0. The Hall–Kier alpha value is 0.0434. The molecule has 13 heavy (non-hydrogen) atoms. The summed E-state index contributed by atoms with van der Waals surface area (Å²) in [7, 11) is 0. The van der Waals surface area contributed by atoms with Crippen molar-refractivity contribution in [2.24, 2.45) is 0 Å². The van der Waals surface area contributed by atoms with Crippen LogP contribution in [0.5, 0.6) is 0 Å². The van der Waals surface area contributed by atoms with Crippen LogP contribution in [0.4, 0.5) is 0 Å². The predicted molar refractivity (Wildman–Crippen MR) is 42.0 cm³/mol. The first-order valence-electron chi connectivity index (χ1n) is 3.83. The molecule has 0 aromatic heterocycles. The monoisotopic (exact) mass is 340 g/mol. The maximum absolute atomic E-state index is 11.3. The second-order valence-electron chi connectivity index (χ2n) is 2.38. The van der Waals surface area contributed by atoms with Gasteiger partial charge in [-0.2, -0.15) is 0 Å². The topological polar surface area (TPSA) is 26.3 Å². The van der Waals surface area contributed by atoms with Gasteiger partial charge < -0.3 is 24.0 Å². The molecule has 1 rings (SSSR count). The van der Waals surface area contributed by atoms with E-state index >= 15 is 0 Å². The molecule has 0 unspecified atom stereocenters. The smallest absolute Gasteiger partial charge is 1.00 e. The van der Waals surface area contributed by atoms with Crippen molar-refractivity contribution in [2.45, 2.75) is 6.92 Å². The van der Waals surface area contributed by atoms with E-state index in [0.29, 0.717) is 12.2 Å². The van der Waals surface area contributed by atoms with E-state index in [1.54, 1.807) is 6.07 Å². The average Bonchev–Trinajstić information content (AvgIpc) is 2.05. The largest absolute Gasteiger partial charge is 1.00 e. The van der Waals surface area contributed by atoms with Gasteiger partial charge in [-0.3, -0.25) is 0 Å². The number of rotatable bonds is 2. The molecule has 0 N–H and O–H groups in total. The van der Waals surface area contributed by atoms with E-state index in [4.69, 9.17) is 4.74 Å². The van der Waals surface area contributed by atoms with Crippen molar-refractivity contribution in [1.82, 2.24) is 0 Å². The van der Waals surface area contributed by atoms with Crippen molar-refractivity contribution in [2.75, 3.05) is 6.61 Å². The molecule has 1 aromatic rings. The second-order valence-corrected chi connectivity index (χ2v) is 3.98. The first kappa shape index (κ1) is 13.0. The van der Waals surface area contributed by atoms with E-state index in [1.807, 2.05) is 25.1 Å².